The van der Waals surface area contributed by atoms with Crippen LogP contribution in [0.25, 0.3) is 20.4 Å². The van der Waals surface area contributed by atoms with Gasteiger partial charge in [-0.05, 0) is 31.5 Å². The molecule has 0 radical (unpaired) electrons. The second-order valence-electron chi connectivity index (χ2n) is 8.79. The van der Waals surface area contributed by atoms with Crippen molar-refractivity contribution in [2.45, 2.75) is 45.4 Å². The number of hydrogen-bond acceptors (Lipinski definition) is 8. The zero-order valence-electron chi connectivity index (χ0n) is 20.0. The number of benzene rings is 1. The number of nitrogens with one attached hydrogen (secondary N) is 1. The van der Waals surface area contributed by atoms with Crippen LogP contribution in [0, 0.1) is 0 Å². The molecule has 35 heavy (non-hydrogen) atoms. The summed E-state index contributed by atoms with van der Waals surface area (Å²) in [6, 6.07) is 7.11. The molecule has 1 aromatic carbocycles. The monoisotopic (exact) mass is 494 g/mol. The summed E-state index contributed by atoms with van der Waals surface area (Å²) in [5.74, 6) is 0.695. The van der Waals surface area contributed by atoms with Gasteiger partial charge in [0.05, 0.1) is 49.7 Å². The normalized spacial score (nSPS) is 17.4. The summed E-state index contributed by atoms with van der Waals surface area (Å²) in [5.41, 5.74) is 2.62. The third kappa shape index (κ3) is 4.23. The molecule has 182 valence electrons. The van der Waals surface area contributed by atoms with E-state index in [9.17, 15) is 9.59 Å². The van der Waals surface area contributed by atoms with Gasteiger partial charge in [0, 0.05) is 23.4 Å². The lowest BCUT2D eigenvalue weighted by molar-refractivity contribution is -0.116. The number of hydrogen-bond donors (Lipinski definition) is 1. The number of methoxy groups -OCH3 is 2. The van der Waals surface area contributed by atoms with E-state index < -0.39 is 0 Å². The first-order valence-electron chi connectivity index (χ1n) is 11.3. The standard InChI is InChI=1S/C25H26N4O5S/c1-5-25(2)10-18-14(12-34-25)8-16-21-22(35-23(16)28-18)24(31)29(13-26-21)11-20(30)27-17-7-6-15(32-3)9-19(17)33-4/h6-9,13H,5,10-12H2,1-4H3,(H,27,30)/t25-/m1/s1. The van der Waals surface area contributed by atoms with Crippen molar-refractivity contribution in [1.29, 1.82) is 0 Å². The van der Waals surface area contributed by atoms with Crippen molar-refractivity contribution >= 4 is 43.4 Å². The number of rotatable bonds is 6. The molecule has 1 aliphatic heterocycles. The minimum atomic E-state index is -0.373. The summed E-state index contributed by atoms with van der Waals surface area (Å²) < 4.78 is 18.4. The molecule has 0 saturated carbocycles. The van der Waals surface area contributed by atoms with Crippen LogP contribution >= 0.6 is 11.3 Å². The number of pyridine rings is 1. The van der Waals surface area contributed by atoms with Gasteiger partial charge in [-0.15, -0.1) is 11.3 Å². The van der Waals surface area contributed by atoms with Crippen LogP contribution < -0.4 is 20.3 Å². The van der Waals surface area contributed by atoms with E-state index >= 15 is 0 Å². The molecule has 1 N–H and O–H groups in total. The Bertz CT molecular complexity index is 1510. The van der Waals surface area contributed by atoms with Gasteiger partial charge in [-0.1, -0.05) is 6.92 Å². The second-order valence-corrected chi connectivity index (χ2v) is 9.79. The first-order valence-corrected chi connectivity index (χ1v) is 12.1. The Labute approximate surface area is 205 Å². The molecule has 0 unspecified atom stereocenters. The summed E-state index contributed by atoms with van der Waals surface area (Å²) in [4.78, 5) is 36.1. The predicted molar refractivity (Wildman–Crippen MR) is 135 cm³/mol. The molecule has 0 bridgehead atoms. The van der Waals surface area contributed by atoms with Gasteiger partial charge in [0.25, 0.3) is 5.56 Å². The lowest BCUT2D eigenvalue weighted by Crippen LogP contribution is -2.35. The zero-order valence-corrected chi connectivity index (χ0v) is 20.8. The van der Waals surface area contributed by atoms with E-state index in [4.69, 9.17) is 19.2 Å². The second kappa shape index (κ2) is 8.94. The van der Waals surface area contributed by atoms with Crippen molar-refractivity contribution < 1.29 is 19.0 Å². The smallest absolute Gasteiger partial charge is 0.271 e. The molecule has 1 atom stereocenters. The van der Waals surface area contributed by atoms with Crippen LogP contribution in [0.4, 0.5) is 5.69 Å². The number of carbonyl (C=O) groups excluding carboxylic acids is 1. The lowest BCUT2D eigenvalue weighted by atomic mass is 9.91. The van der Waals surface area contributed by atoms with E-state index in [0.29, 0.717) is 34.0 Å². The number of ether oxygens (including phenoxy) is 3. The van der Waals surface area contributed by atoms with E-state index in [0.717, 1.165) is 34.3 Å². The van der Waals surface area contributed by atoms with Crippen molar-refractivity contribution in [2.75, 3.05) is 19.5 Å². The molecule has 0 spiro atoms. The molecule has 4 aromatic rings. The Morgan fingerprint density at radius 3 is 2.86 bits per heavy atom. The number of aromatic nitrogens is 3. The van der Waals surface area contributed by atoms with Gasteiger partial charge in [-0.25, -0.2) is 9.97 Å². The van der Waals surface area contributed by atoms with Crippen molar-refractivity contribution in [3.8, 4) is 11.5 Å². The molecular weight excluding hydrogens is 468 g/mol. The maximum atomic E-state index is 13.2. The molecule has 1 amide bonds. The highest BCUT2D eigenvalue weighted by Gasteiger charge is 2.31. The number of anilines is 1. The van der Waals surface area contributed by atoms with Crippen LogP contribution in [0.2, 0.25) is 0 Å². The van der Waals surface area contributed by atoms with Crippen LogP contribution in [-0.2, 0) is 29.1 Å². The molecule has 0 fully saturated rings. The number of nitrogens with zero attached hydrogens (tertiary/aromatic N) is 3. The van der Waals surface area contributed by atoms with Gasteiger partial charge < -0.3 is 19.5 Å². The van der Waals surface area contributed by atoms with E-state index in [2.05, 4.69) is 24.1 Å². The fourth-order valence-corrected chi connectivity index (χ4v) is 5.27. The first kappa shape index (κ1) is 23.3. The third-order valence-corrected chi connectivity index (χ3v) is 7.55. The molecule has 0 aliphatic carbocycles. The van der Waals surface area contributed by atoms with Crippen LogP contribution in [0.1, 0.15) is 31.5 Å². The molecule has 0 saturated heterocycles. The average molecular weight is 495 g/mol. The molecule has 4 heterocycles. The van der Waals surface area contributed by atoms with E-state index in [1.165, 1.54) is 29.3 Å². The van der Waals surface area contributed by atoms with E-state index in [1.807, 2.05) is 6.07 Å². The molecule has 10 heteroatoms. The zero-order chi connectivity index (χ0) is 24.7. The van der Waals surface area contributed by atoms with Gasteiger partial charge in [-0.3, -0.25) is 14.2 Å². The van der Waals surface area contributed by atoms with Crippen LogP contribution in [0.3, 0.4) is 0 Å². The molecule has 3 aromatic heterocycles. The summed E-state index contributed by atoms with van der Waals surface area (Å²) >= 11 is 1.31. The predicted octanol–water partition coefficient (Wildman–Crippen LogP) is 3.90. The van der Waals surface area contributed by atoms with E-state index in [1.54, 1.807) is 25.3 Å². The Morgan fingerprint density at radius 2 is 2.11 bits per heavy atom. The maximum Gasteiger partial charge on any atom is 0.271 e. The summed E-state index contributed by atoms with van der Waals surface area (Å²) in [6.45, 7) is 4.51. The number of thiophene rings is 1. The van der Waals surface area contributed by atoms with E-state index in [-0.39, 0.29) is 23.6 Å². The maximum absolute atomic E-state index is 13.2. The number of fused-ring (bicyclic) bond motifs is 4. The molecule has 5 rings (SSSR count). The first-order chi connectivity index (χ1) is 16.8. The highest BCUT2D eigenvalue weighted by molar-refractivity contribution is 7.25. The highest BCUT2D eigenvalue weighted by atomic mass is 32.1. The van der Waals surface area contributed by atoms with Crippen LogP contribution in [0.15, 0.2) is 35.4 Å². The number of carbonyl (C=O) groups is 1. The highest BCUT2D eigenvalue weighted by Crippen LogP contribution is 2.35. The lowest BCUT2D eigenvalue weighted by Gasteiger charge is -2.33. The van der Waals surface area contributed by atoms with Crippen molar-refractivity contribution in [3.63, 3.8) is 0 Å². The summed E-state index contributed by atoms with van der Waals surface area (Å²) in [6.07, 6.45) is 3.04. The topological polar surface area (TPSA) is 105 Å². The fourth-order valence-electron chi connectivity index (χ4n) is 4.19. The summed E-state index contributed by atoms with van der Waals surface area (Å²) in [7, 11) is 3.06. The quantitative estimate of drug-likeness (QED) is 0.433. The summed E-state index contributed by atoms with van der Waals surface area (Å²) in [5, 5.41) is 3.62. The molecular formula is C25H26N4O5S. The Kier molecular flexibility index (Phi) is 5.94. The van der Waals surface area contributed by atoms with Gasteiger partial charge in [-0.2, -0.15) is 0 Å². The Hall–Kier alpha value is -3.50. The van der Waals surface area contributed by atoms with Crippen LogP contribution in [-0.4, -0.2) is 40.3 Å². The van der Waals surface area contributed by atoms with Gasteiger partial charge in [0.15, 0.2) is 0 Å². The average Bonchev–Trinajstić information content (AvgIpc) is 3.22. The molecule has 1 aliphatic rings. The van der Waals surface area contributed by atoms with Crippen molar-refractivity contribution in [3.05, 3.63) is 52.2 Å². The Balaban J connectivity index is 1.44. The third-order valence-electron chi connectivity index (χ3n) is 6.47. The van der Waals surface area contributed by atoms with Gasteiger partial charge >= 0.3 is 0 Å². The Morgan fingerprint density at radius 1 is 1.29 bits per heavy atom. The number of amides is 1. The largest absolute Gasteiger partial charge is 0.497 e. The minimum Gasteiger partial charge on any atom is -0.497 e. The van der Waals surface area contributed by atoms with Crippen LogP contribution in [0.5, 0.6) is 11.5 Å². The fraction of sp³-hybridized carbons (Fsp3) is 0.360. The molecule has 9 nitrogen and oxygen atoms in total. The SMILES string of the molecule is CC[C@]1(C)Cc2nc3sc4c(=O)n(CC(=O)Nc5ccc(OC)cc5OC)cnc4c3cc2CO1. The van der Waals surface area contributed by atoms with Crippen molar-refractivity contribution in [2.24, 2.45) is 0 Å². The van der Waals surface area contributed by atoms with Gasteiger partial charge in [0.2, 0.25) is 5.91 Å². The minimum absolute atomic E-state index is 0.183. The van der Waals surface area contributed by atoms with Crippen molar-refractivity contribution in [1.82, 2.24) is 14.5 Å². The van der Waals surface area contributed by atoms with Gasteiger partial charge in [0.1, 0.15) is 27.6 Å².